The molecule has 1 aromatic heterocycles. The Kier molecular flexibility index (Phi) is 2.67. The lowest BCUT2D eigenvalue weighted by atomic mass is 10.2. The van der Waals surface area contributed by atoms with Crippen LogP contribution < -0.4 is 5.73 Å². The Balaban J connectivity index is 3.24. The summed E-state index contributed by atoms with van der Waals surface area (Å²) in [5.74, 6) is -0.399. The third-order valence-electron chi connectivity index (χ3n) is 1.93. The minimum atomic E-state index is -0.399. The first-order valence-electron chi connectivity index (χ1n) is 3.92. The summed E-state index contributed by atoms with van der Waals surface area (Å²) >= 11 is 0. The normalized spacial score (nSPS) is 10.2. The smallest absolute Gasteiger partial charge is 0.356 e. The first kappa shape index (κ1) is 9.73. The lowest BCUT2D eigenvalue weighted by Gasteiger charge is -2.01. The van der Waals surface area contributed by atoms with E-state index in [9.17, 15) is 4.79 Å². The summed E-state index contributed by atoms with van der Waals surface area (Å²) in [7, 11) is 3.03. The molecular weight excluding hydrogens is 170 g/mol. The molecule has 0 aromatic carbocycles. The number of aromatic nitrogens is 2. The van der Waals surface area contributed by atoms with Gasteiger partial charge in [0, 0.05) is 19.2 Å². The Morgan fingerprint density at radius 3 is 2.77 bits per heavy atom. The first-order chi connectivity index (χ1) is 6.11. The van der Waals surface area contributed by atoms with Crippen molar-refractivity contribution < 1.29 is 9.53 Å². The number of aryl methyl sites for hydroxylation is 2. The number of esters is 1. The summed E-state index contributed by atoms with van der Waals surface area (Å²) in [6, 6.07) is 0. The van der Waals surface area contributed by atoms with Gasteiger partial charge < -0.3 is 10.5 Å². The number of methoxy groups -OCH3 is 1. The van der Waals surface area contributed by atoms with Crippen molar-refractivity contribution in [1.82, 2.24) is 9.78 Å². The van der Waals surface area contributed by atoms with Crippen molar-refractivity contribution in [2.24, 2.45) is 12.8 Å². The molecule has 2 N–H and O–H groups in total. The van der Waals surface area contributed by atoms with E-state index in [1.165, 1.54) is 11.8 Å². The summed E-state index contributed by atoms with van der Waals surface area (Å²) in [5.41, 5.74) is 7.44. The average molecular weight is 183 g/mol. The largest absolute Gasteiger partial charge is 0.464 e. The van der Waals surface area contributed by atoms with E-state index in [1.807, 2.05) is 6.92 Å². The van der Waals surface area contributed by atoms with Gasteiger partial charge in [-0.05, 0) is 6.92 Å². The number of hydrogen-bond acceptors (Lipinski definition) is 4. The fourth-order valence-electron chi connectivity index (χ4n) is 1.30. The molecule has 5 heteroatoms. The number of carbonyl (C=O) groups excluding carboxylic acids is 1. The Bertz CT molecular complexity index is 330. The van der Waals surface area contributed by atoms with Gasteiger partial charge in [0.05, 0.1) is 12.8 Å². The van der Waals surface area contributed by atoms with Crippen molar-refractivity contribution in [2.45, 2.75) is 13.5 Å². The standard InChI is InChI=1S/C8H13N3O2/c1-5-6(4-9)7(8(12)13-3)11(2)10-5/h4,9H2,1-3H3. The monoisotopic (exact) mass is 183 g/mol. The number of ether oxygens (including phenoxy) is 1. The van der Waals surface area contributed by atoms with Crippen molar-refractivity contribution in [1.29, 1.82) is 0 Å². The van der Waals surface area contributed by atoms with Crippen molar-refractivity contribution in [3.8, 4) is 0 Å². The predicted molar refractivity (Wildman–Crippen MR) is 47.2 cm³/mol. The fourth-order valence-corrected chi connectivity index (χ4v) is 1.30. The quantitative estimate of drug-likeness (QED) is 0.654. The molecule has 5 nitrogen and oxygen atoms in total. The molecule has 0 saturated heterocycles. The van der Waals surface area contributed by atoms with Crippen LogP contribution in [0.3, 0.4) is 0 Å². The SMILES string of the molecule is COC(=O)c1c(CN)c(C)nn1C. The van der Waals surface area contributed by atoms with E-state index in [-0.39, 0.29) is 0 Å². The Hall–Kier alpha value is -1.36. The highest BCUT2D eigenvalue weighted by molar-refractivity contribution is 5.89. The number of nitrogens with zero attached hydrogens (tertiary/aromatic N) is 2. The minimum Gasteiger partial charge on any atom is -0.464 e. The lowest BCUT2D eigenvalue weighted by molar-refractivity contribution is 0.0587. The van der Waals surface area contributed by atoms with Gasteiger partial charge in [0.1, 0.15) is 0 Å². The van der Waals surface area contributed by atoms with Crippen molar-refractivity contribution in [3.05, 3.63) is 17.0 Å². The van der Waals surface area contributed by atoms with E-state index < -0.39 is 5.97 Å². The summed E-state index contributed by atoms with van der Waals surface area (Å²) in [5, 5.41) is 4.09. The lowest BCUT2D eigenvalue weighted by Crippen LogP contribution is -2.12. The van der Waals surface area contributed by atoms with Crippen LogP contribution in [0, 0.1) is 6.92 Å². The van der Waals surface area contributed by atoms with Crippen LogP contribution in [0.25, 0.3) is 0 Å². The van der Waals surface area contributed by atoms with Gasteiger partial charge in [-0.25, -0.2) is 4.79 Å². The van der Waals surface area contributed by atoms with Crippen LogP contribution in [0.15, 0.2) is 0 Å². The number of hydrogen-bond donors (Lipinski definition) is 1. The molecule has 0 amide bonds. The second kappa shape index (κ2) is 3.57. The van der Waals surface area contributed by atoms with Gasteiger partial charge in [0.25, 0.3) is 0 Å². The zero-order valence-corrected chi connectivity index (χ0v) is 8.00. The molecule has 0 spiro atoms. The Morgan fingerprint density at radius 2 is 2.31 bits per heavy atom. The number of nitrogens with two attached hydrogens (primary N) is 1. The van der Waals surface area contributed by atoms with Crippen LogP contribution in [0.1, 0.15) is 21.7 Å². The molecule has 13 heavy (non-hydrogen) atoms. The Morgan fingerprint density at radius 1 is 1.69 bits per heavy atom. The maximum Gasteiger partial charge on any atom is 0.356 e. The molecule has 0 radical (unpaired) electrons. The number of rotatable bonds is 2. The highest BCUT2D eigenvalue weighted by atomic mass is 16.5. The summed E-state index contributed by atoms with van der Waals surface area (Å²) < 4.78 is 6.11. The van der Waals surface area contributed by atoms with Gasteiger partial charge in [-0.15, -0.1) is 0 Å². The van der Waals surface area contributed by atoms with Crippen LogP contribution in [0.2, 0.25) is 0 Å². The van der Waals surface area contributed by atoms with Crippen molar-refractivity contribution in [2.75, 3.05) is 7.11 Å². The zero-order chi connectivity index (χ0) is 10.0. The Labute approximate surface area is 76.5 Å². The van der Waals surface area contributed by atoms with Crippen molar-refractivity contribution in [3.63, 3.8) is 0 Å². The molecule has 72 valence electrons. The predicted octanol–water partition coefficient (Wildman–Crippen LogP) is -0.0262. The molecule has 0 bridgehead atoms. The molecular formula is C8H13N3O2. The van der Waals surface area contributed by atoms with Gasteiger partial charge in [-0.3, -0.25) is 4.68 Å². The van der Waals surface area contributed by atoms with Gasteiger partial charge >= 0.3 is 5.97 Å². The minimum absolute atomic E-state index is 0.296. The molecule has 1 aromatic rings. The molecule has 1 heterocycles. The molecule has 0 atom stereocenters. The highest BCUT2D eigenvalue weighted by Gasteiger charge is 2.18. The maximum atomic E-state index is 11.3. The second-order valence-electron chi connectivity index (χ2n) is 2.73. The number of carbonyl (C=O) groups is 1. The van der Waals surface area contributed by atoms with Crippen LogP contribution >= 0.6 is 0 Å². The van der Waals surface area contributed by atoms with Crippen LogP contribution in [0.4, 0.5) is 0 Å². The maximum absolute atomic E-state index is 11.3. The zero-order valence-electron chi connectivity index (χ0n) is 8.00. The molecule has 0 saturated carbocycles. The van der Waals surface area contributed by atoms with E-state index in [0.29, 0.717) is 12.2 Å². The molecule has 0 aliphatic carbocycles. The van der Waals surface area contributed by atoms with E-state index in [0.717, 1.165) is 11.3 Å². The van der Waals surface area contributed by atoms with Gasteiger partial charge in [-0.2, -0.15) is 5.10 Å². The second-order valence-corrected chi connectivity index (χ2v) is 2.73. The highest BCUT2D eigenvalue weighted by Crippen LogP contribution is 2.12. The summed E-state index contributed by atoms with van der Waals surface area (Å²) in [4.78, 5) is 11.3. The van der Waals surface area contributed by atoms with Gasteiger partial charge in [0.15, 0.2) is 5.69 Å². The topological polar surface area (TPSA) is 70.1 Å². The average Bonchev–Trinajstić information content (AvgIpc) is 2.39. The van der Waals surface area contributed by atoms with E-state index in [2.05, 4.69) is 9.84 Å². The third kappa shape index (κ3) is 1.55. The van der Waals surface area contributed by atoms with Crippen LogP contribution in [-0.4, -0.2) is 22.9 Å². The summed E-state index contributed by atoms with van der Waals surface area (Å²) in [6.45, 7) is 2.11. The third-order valence-corrected chi connectivity index (χ3v) is 1.93. The molecule has 0 aliphatic heterocycles. The van der Waals surface area contributed by atoms with E-state index in [4.69, 9.17) is 5.73 Å². The van der Waals surface area contributed by atoms with Crippen LogP contribution in [-0.2, 0) is 18.3 Å². The van der Waals surface area contributed by atoms with Crippen molar-refractivity contribution >= 4 is 5.97 Å². The van der Waals surface area contributed by atoms with E-state index >= 15 is 0 Å². The summed E-state index contributed by atoms with van der Waals surface area (Å²) in [6.07, 6.45) is 0. The molecule has 0 aliphatic rings. The fraction of sp³-hybridized carbons (Fsp3) is 0.500. The molecule has 0 unspecified atom stereocenters. The van der Waals surface area contributed by atoms with Gasteiger partial charge in [-0.1, -0.05) is 0 Å². The molecule has 0 fully saturated rings. The van der Waals surface area contributed by atoms with Crippen LogP contribution in [0.5, 0.6) is 0 Å². The first-order valence-corrected chi connectivity index (χ1v) is 3.92. The molecule has 1 rings (SSSR count). The van der Waals surface area contributed by atoms with E-state index in [1.54, 1.807) is 7.05 Å². The van der Waals surface area contributed by atoms with Gasteiger partial charge in [0.2, 0.25) is 0 Å².